The van der Waals surface area contributed by atoms with Gasteiger partial charge < -0.3 is 10.3 Å². The first-order valence-corrected chi connectivity index (χ1v) is 12.4. The summed E-state index contributed by atoms with van der Waals surface area (Å²) < 4.78 is 13.7. The van der Waals surface area contributed by atoms with Crippen molar-refractivity contribution in [1.82, 2.24) is 30.1 Å². The molecule has 1 amide bonds. The van der Waals surface area contributed by atoms with Gasteiger partial charge in [0.15, 0.2) is 11.0 Å². The quantitative estimate of drug-likeness (QED) is 0.253. The summed E-state index contributed by atoms with van der Waals surface area (Å²) in [4.78, 5) is 29.9. The average Bonchev–Trinajstić information content (AvgIpc) is 3.60. The molecule has 6 aromatic rings. The first kappa shape index (κ1) is 23.0. The second-order valence-corrected chi connectivity index (χ2v) is 10.8. The van der Waals surface area contributed by atoms with Crippen molar-refractivity contribution in [3.8, 4) is 33.1 Å². The number of imidazole rings is 1. The summed E-state index contributed by atoms with van der Waals surface area (Å²) in [5.41, 5.74) is 5.59. The lowest BCUT2D eigenvalue weighted by molar-refractivity contribution is -0.123. The molecule has 0 unspecified atom stereocenters. The molecule has 0 aliphatic rings. The first-order chi connectivity index (χ1) is 17.8. The maximum absolute atomic E-state index is 13.7. The Bertz CT molecular complexity index is 1790. The third kappa shape index (κ3) is 4.25. The Morgan fingerprint density at radius 3 is 2.59 bits per heavy atom. The number of hydrogen-bond donors (Lipinski definition) is 3. The van der Waals surface area contributed by atoms with Crippen LogP contribution in [-0.4, -0.2) is 36.0 Å². The topological polar surface area (TPSA) is 112 Å². The van der Waals surface area contributed by atoms with Crippen molar-refractivity contribution >= 4 is 44.9 Å². The van der Waals surface area contributed by atoms with Crippen LogP contribution >= 0.6 is 11.3 Å². The minimum absolute atomic E-state index is 0.0805. The van der Waals surface area contributed by atoms with E-state index in [1.54, 1.807) is 30.9 Å². The summed E-state index contributed by atoms with van der Waals surface area (Å²) in [6, 6.07) is 11.0. The van der Waals surface area contributed by atoms with Gasteiger partial charge >= 0.3 is 0 Å². The highest BCUT2D eigenvalue weighted by molar-refractivity contribution is 7.14. The predicted octanol–water partition coefficient (Wildman–Crippen LogP) is 6.42. The van der Waals surface area contributed by atoms with Gasteiger partial charge in [0.1, 0.15) is 11.2 Å². The van der Waals surface area contributed by atoms with Crippen LogP contribution in [-0.2, 0) is 4.79 Å². The zero-order chi connectivity index (χ0) is 25.7. The highest BCUT2D eigenvalue weighted by atomic mass is 32.1. The summed E-state index contributed by atoms with van der Waals surface area (Å²) >= 11 is 1.06. The Morgan fingerprint density at radius 2 is 1.81 bits per heavy atom. The van der Waals surface area contributed by atoms with Gasteiger partial charge in [-0.2, -0.15) is 9.49 Å². The van der Waals surface area contributed by atoms with Crippen molar-refractivity contribution in [3.63, 3.8) is 0 Å². The molecule has 8 nitrogen and oxygen atoms in total. The third-order valence-corrected chi connectivity index (χ3v) is 6.94. The molecule has 0 aliphatic carbocycles. The van der Waals surface area contributed by atoms with Gasteiger partial charge in [0.25, 0.3) is 0 Å². The number of nitrogens with one attached hydrogen (secondary N) is 3. The standard InChI is InChI=1S/C27H22FN7OS/c1-27(2,3)26(36)31-16-8-15(10-29-11-16)14-4-5-19-17(9-14)24(35-34-19)25-32-20-13-30-12-18(23(20)33-25)21-6-7-22(28)37-21/h4-13H,1-3H3,(H,31,36)(H,32,33)(H,34,35). The minimum atomic E-state index is -0.514. The Morgan fingerprint density at radius 1 is 0.973 bits per heavy atom. The van der Waals surface area contributed by atoms with E-state index in [2.05, 4.69) is 30.5 Å². The number of halogens is 1. The number of hydrogen-bond acceptors (Lipinski definition) is 6. The molecule has 1 aromatic carbocycles. The van der Waals surface area contributed by atoms with Crippen molar-refractivity contribution in [2.24, 2.45) is 5.41 Å². The number of carbonyl (C=O) groups is 1. The van der Waals surface area contributed by atoms with Crippen LogP contribution in [0.4, 0.5) is 10.1 Å². The van der Waals surface area contributed by atoms with Gasteiger partial charge in [-0.05, 0) is 35.9 Å². The molecule has 5 heterocycles. The summed E-state index contributed by atoms with van der Waals surface area (Å²) in [7, 11) is 0. The number of H-pyrrole nitrogens is 2. The third-order valence-electron chi connectivity index (χ3n) is 6.03. The number of carbonyl (C=O) groups excluding carboxylic acids is 1. The van der Waals surface area contributed by atoms with Crippen LogP contribution in [0.2, 0.25) is 0 Å². The molecule has 0 atom stereocenters. The van der Waals surface area contributed by atoms with Gasteiger partial charge in [0.05, 0.1) is 29.1 Å². The predicted molar refractivity (Wildman–Crippen MR) is 144 cm³/mol. The fourth-order valence-corrected chi connectivity index (χ4v) is 4.78. The van der Waals surface area contributed by atoms with Crippen LogP contribution in [0.1, 0.15) is 20.8 Å². The number of pyridine rings is 2. The minimum Gasteiger partial charge on any atom is -0.335 e. The van der Waals surface area contributed by atoms with Crippen LogP contribution in [0.5, 0.6) is 0 Å². The Hall–Kier alpha value is -4.44. The molecule has 37 heavy (non-hydrogen) atoms. The zero-order valence-electron chi connectivity index (χ0n) is 20.3. The van der Waals surface area contributed by atoms with E-state index in [9.17, 15) is 9.18 Å². The van der Waals surface area contributed by atoms with E-state index in [1.165, 1.54) is 6.07 Å². The van der Waals surface area contributed by atoms with Crippen LogP contribution in [0.15, 0.2) is 61.2 Å². The summed E-state index contributed by atoms with van der Waals surface area (Å²) in [6.07, 6.45) is 6.78. The normalized spacial score (nSPS) is 11.9. The number of nitrogens with zero attached hydrogens (tertiary/aromatic N) is 4. The number of thiophene rings is 1. The Balaban J connectivity index is 1.40. The highest BCUT2D eigenvalue weighted by Crippen LogP contribution is 2.35. The first-order valence-electron chi connectivity index (χ1n) is 11.6. The van der Waals surface area contributed by atoms with Crippen LogP contribution < -0.4 is 5.32 Å². The van der Waals surface area contributed by atoms with Gasteiger partial charge in [0, 0.05) is 39.2 Å². The van der Waals surface area contributed by atoms with Crippen molar-refractivity contribution in [1.29, 1.82) is 0 Å². The van der Waals surface area contributed by atoms with Gasteiger partial charge in [-0.1, -0.05) is 26.8 Å². The molecule has 6 rings (SSSR count). The molecule has 0 aliphatic heterocycles. The summed E-state index contributed by atoms with van der Waals surface area (Å²) in [5.74, 6) is 0.497. The van der Waals surface area contributed by atoms with Crippen molar-refractivity contribution in [2.45, 2.75) is 20.8 Å². The van der Waals surface area contributed by atoms with Crippen LogP contribution in [0, 0.1) is 10.5 Å². The zero-order valence-corrected chi connectivity index (χ0v) is 21.1. The summed E-state index contributed by atoms with van der Waals surface area (Å²) in [6.45, 7) is 5.59. The second kappa shape index (κ2) is 8.59. The van der Waals surface area contributed by atoms with Crippen molar-refractivity contribution < 1.29 is 9.18 Å². The van der Waals surface area contributed by atoms with Gasteiger partial charge in [-0.25, -0.2) is 4.98 Å². The molecular weight excluding hydrogens is 489 g/mol. The van der Waals surface area contributed by atoms with Crippen LogP contribution in [0.3, 0.4) is 0 Å². The maximum Gasteiger partial charge on any atom is 0.229 e. The number of rotatable bonds is 4. The maximum atomic E-state index is 13.7. The average molecular weight is 512 g/mol. The van der Waals surface area contributed by atoms with E-state index in [0.29, 0.717) is 22.7 Å². The van der Waals surface area contributed by atoms with E-state index in [0.717, 1.165) is 49.3 Å². The van der Waals surface area contributed by atoms with E-state index in [4.69, 9.17) is 4.98 Å². The molecule has 0 spiro atoms. The van der Waals surface area contributed by atoms with E-state index < -0.39 is 5.41 Å². The summed E-state index contributed by atoms with van der Waals surface area (Å²) in [5, 5.41) is 11.1. The molecule has 184 valence electrons. The molecule has 0 saturated carbocycles. The lowest BCUT2D eigenvalue weighted by atomic mass is 9.95. The van der Waals surface area contributed by atoms with E-state index in [1.807, 2.05) is 45.0 Å². The second-order valence-electron chi connectivity index (χ2n) is 9.77. The molecule has 10 heteroatoms. The monoisotopic (exact) mass is 511 g/mol. The molecule has 5 aromatic heterocycles. The van der Waals surface area contributed by atoms with Crippen LogP contribution in [0.25, 0.3) is 55.0 Å². The lowest BCUT2D eigenvalue weighted by Gasteiger charge is -2.17. The number of anilines is 1. The molecule has 0 bridgehead atoms. The Kier molecular flexibility index (Phi) is 5.34. The fraction of sp³-hybridized carbons (Fsp3) is 0.148. The van der Waals surface area contributed by atoms with Gasteiger partial charge in [-0.3, -0.25) is 19.9 Å². The number of fused-ring (bicyclic) bond motifs is 2. The highest BCUT2D eigenvalue weighted by Gasteiger charge is 2.21. The number of amides is 1. The molecule has 3 N–H and O–H groups in total. The smallest absolute Gasteiger partial charge is 0.229 e. The lowest BCUT2D eigenvalue weighted by Crippen LogP contribution is -2.27. The van der Waals surface area contributed by atoms with E-state index in [-0.39, 0.29) is 11.0 Å². The largest absolute Gasteiger partial charge is 0.335 e. The van der Waals surface area contributed by atoms with E-state index >= 15 is 0 Å². The molecule has 0 fully saturated rings. The van der Waals surface area contributed by atoms with Gasteiger partial charge in [-0.15, -0.1) is 11.3 Å². The van der Waals surface area contributed by atoms with Gasteiger partial charge in [0.2, 0.25) is 5.91 Å². The molecule has 0 saturated heterocycles. The molecule has 0 radical (unpaired) electrons. The number of benzene rings is 1. The Labute approximate surface area is 215 Å². The number of aromatic nitrogens is 6. The SMILES string of the molecule is CC(C)(C)C(=O)Nc1cncc(-c2ccc3[nH]nc(-c4nc5c(-c6ccc(F)s6)cncc5[nH]4)c3c2)c1. The van der Waals surface area contributed by atoms with Crippen molar-refractivity contribution in [3.05, 3.63) is 66.3 Å². The van der Waals surface area contributed by atoms with Crippen molar-refractivity contribution in [2.75, 3.05) is 5.32 Å². The number of aromatic amines is 2. The fourth-order valence-electron chi connectivity index (χ4n) is 4.04. The molecular formula is C27H22FN7OS.